The van der Waals surface area contributed by atoms with Crippen LogP contribution in [0.2, 0.25) is 0 Å². The van der Waals surface area contributed by atoms with E-state index in [1.165, 1.54) is 5.56 Å². The van der Waals surface area contributed by atoms with Crippen LogP contribution in [0, 0.1) is 19.8 Å². The molecule has 28 heavy (non-hydrogen) atoms. The molecule has 1 aromatic heterocycles. The van der Waals surface area contributed by atoms with Crippen LogP contribution in [0.25, 0.3) is 0 Å². The van der Waals surface area contributed by atoms with Crippen molar-refractivity contribution in [2.75, 3.05) is 24.5 Å². The number of urea groups is 1. The number of rotatable bonds is 6. The molecule has 3 amide bonds. The van der Waals surface area contributed by atoms with Gasteiger partial charge in [-0.1, -0.05) is 25.1 Å². The van der Waals surface area contributed by atoms with Gasteiger partial charge in [-0.15, -0.1) is 0 Å². The molecule has 0 saturated heterocycles. The highest BCUT2D eigenvalue weighted by atomic mass is 16.2. The molecule has 150 valence electrons. The number of nitrogens with one attached hydrogen (secondary N) is 2. The number of anilines is 1. The van der Waals surface area contributed by atoms with Crippen molar-refractivity contribution in [3.05, 3.63) is 47.3 Å². The lowest BCUT2D eigenvalue weighted by atomic mass is 10.0. The lowest BCUT2D eigenvalue weighted by Gasteiger charge is -2.29. The average Bonchev–Trinajstić information content (AvgIpc) is 3.00. The average molecular weight is 383 g/mol. The number of benzene rings is 1. The molecule has 7 nitrogen and oxygen atoms in total. The number of carbonyl (C=O) groups is 2. The Balaban J connectivity index is 1.43. The van der Waals surface area contributed by atoms with Crippen LogP contribution < -0.4 is 15.5 Å². The van der Waals surface area contributed by atoms with Gasteiger partial charge in [0.2, 0.25) is 5.91 Å². The van der Waals surface area contributed by atoms with Crippen LogP contribution >= 0.6 is 0 Å². The van der Waals surface area contributed by atoms with E-state index in [1.54, 1.807) is 4.90 Å². The summed E-state index contributed by atoms with van der Waals surface area (Å²) in [7, 11) is 0. The number of amides is 3. The van der Waals surface area contributed by atoms with E-state index in [9.17, 15) is 9.59 Å². The summed E-state index contributed by atoms with van der Waals surface area (Å²) in [6, 6.07) is 9.67. The monoisotopic (exact) mass is 383 g/mol. The van der Waals surface area contributed by atoms with Gasteiger partial charge in [-0.2, -0.15) is 5.10 Å². The predicted octanol–water partition coefficient (Wildman–Crippen LogP) is 2.41. The van der Waals surface area contributed by atoms with E-state index in [0.717, 1.165) is 36.5 Å². The van der Waals surface area contributed by atoms with Crippen LogP contribution in [-0.4, -0.2) is 41.4 Å². The first-order valence-corrected chi connectivity index (χ1v) is 9.85. The zero-order valence-corrected chi connectivity index (χ0v) is 16.9. The molecule has 1 atom stereocenters. The minimum Gasteiger partial charge on any atom is -0.338 e. The molecule has 2 heterocycles. The third-order valence-electron chi connectivity index (χ3n) is 5.01. The summed E-state index contributed by atoms with van der Waals surface area (Å²) in [5.41, 5.74) is 4.25. The van der Waals surface area contributed by atoms with Gasteiger partial charge in [0.15, 0.2) is 0 Å². The molecule has 1 aromatic carbocycles. The minimum absolute atomic E-state index is 0.00793. The van der Waals surface area contributed by atoms with Crippen LogP contribution in [0.3, 0.4) is 0 Å². The smallest absolute Gasteiger partial charge is 0.315 e. The van der Waals surface area contributed by atoms with Crippen molar-refractivity contribution < 1.29 is 9.59 Å². The highest BCUT2D eigenvalue weighted by Gasteiger charge is 2.22. The summed E-state index contributed by atoms with van der Waals surface area (Å²) in [6.07, 6.45) is 1.93. The number of para-hydroxylation sites is 1. The third kappa shape index (κ3) is 4.91. The third-order valence-corrected chi connectivity index (χ3v) is 5.01. The molecule has 0 bridgehead atoms. The van der Waals surface area contributed by atoms with E-state index >= 15 is 0 Å². The summed E-state index contributed by atoms with van der Waals surface area (Å²) >= 11 is 0. The first kappa shape index (κ1) is 19.9. The van der Waals surface area contributed by atoms with Gasteiger partial charge in [-0.05, 0) is 50.3 Å². The lowest BCUT2D eigenvalue weighted by Crippen LogP contribution is -2.46. The molecular weight excluding hydrogens is 354 g/mol. The largest absolute Gasteiger partial charge is 0.338 e. The zero-order valence-electron chi connectivity index (χ0n) is 16.9. The normalized spacial score (nSPS) is 14.3. The number of fused-ring (bicyclic) bond motifs is 1. The van der Waals surface area contributed by atoms with Gasteiger partial charge in [0.1, 0.15) is 0 Å². The number of nitrogens with zero attached hydrogens (tertiary/aromatic N) is 3. The van der Waals surface area contributed by atoms with E-state index in [-0.39, 0.29) is 24.4 Å². The second-order valence-corrected chi connectivity index (χ2v) is 7.56. The molecule has 1 unspecified atom stereocenters. The molecule has 0 aliphatic carbocycles. The van der Waals surface area contributed by atoms with Crippen molar-refractivity contribution in [2.24, 2.45) is 5.92 Å². The Morgan fingerprint density at radius 2 is 2.00 bits per heavy atom. The van der Waals surface area contributed by atoms with Gasteiger partial charge in [0, 0.05) is 31.0 Å². The number of aryl methyl sites for hydroxylation is 3. The van der Waals surface area contributed by atoms with Crippen molar-refractivity contribution in [2.45, 2.75) is 40.2 Å². The first-order chi connectivity index (χ1) is 13.4. The van der Waals surface area contributed by atoms with E-state index in [2.05, 4.69) is 28.7 Å². The number of hydrogen-bond donors (Lipinski definition) is 2. The molecular formula is C21H29N5O2. The number of carbonyl (C=O) groups excluding carboxylic acids is 2. The minimum atomic E-state index is -0.320. The molecule has 2 aromatic rings. The van der Waals surface area contributed by atoms with Crippen molar-refractivity contribution in [1.29, 1.82) is 0 Å². The number of hydrogen-bond acceptors (Lipinski definition) is 3. The van der Waals surface area contributed by atoms with Gasteiger partial charge in [-0.25, -0.2) is 4.79 Å². The molecule has 0 radical (unpaired) electrons. The molecule has 1 aliphatic rings. The topological polar surface area (TPSA) is 79.3 Å². The van der Waals surface area contributed by atoms with Gasteiger partial charge in [0.05, 0.1) is 12.2 Å². The summed E-state index contributed by atoms with van der Waals surface area (Å²) in [5, 5.41) is 9.97. The van der Waals surface area contributed by atoms with E-state index in [1.807, 2.05) is 42.8 Å². The Hall–Kier alpha value is -2.83. The SMILES string of the molecule is Cc1cc(C)n(CC(C)CNC(=O)NCC(=O)N2CCCc3ccccc32)n1. The zero-order chi connectivity index (χ0) is 20.1. The standard InChI is InChI=1S/C21H29N5O2/c1-15(14-26-17(3)11-16(2)24-26)12-22-21(28)23-13-20(27)25-10-6-8-18-7-4-5-9-19(18)25/h4-5,7,9,11,15H,6,8,10,12-14H2,1-3H3,(H2,22,23,28). The van der Waals surface area contributed by atoms with Crippen molar-refractivity contribution >= 4 is 17.6 Å². The van der Waals surface area contributed by atoms with Crippen LogP contribution in [-0.2, 0) is 17.8 Å². The fraction of sp³-hybridized carbons (Fsp3) is 0.476. The van der Waals surface area contributed by atoms with Crippen LogP contribution in [0.5, 0.6) is 0 Å². The molecule has 1 aliphatic heterocycles. The highest BCUT2D eigenvalue weighted by Crippen LogP contribution is 2.26. The Labute approximate surface area is 166 Å². The fourth-order valence-electron chi connectivity index (χ4n) is 3.59. The molecule has 0 saturated carbocycles. The van der Waals surface area contributed by atoms with Gasteiger partial charge >= 0.3 is 6.03 Å². The summed E-state index contributed by atoms with van der Waals surface area (Å²) in [5.74, 6) is 0.145. The van der Waals surface area contributed by atoms with Crippen LogP contribution in [0.1, 0.15) is 30.3 Å². The molecule has 2 N–H and O–H groups in total. The van der Waals surface area contributed by atoms with Crippen LogP contribution in [0.4, 0.5) is 10.5 Å². The second kappa shape index (κ2) is 8.91. The maximum atomic E-state index is 12.6. The quantitative estimate of drug-likeness (QED) is 0.804. The summed E-state index contributed by atoms with van der Waals surface area (Å²) in [6.45, 7) is 8.00. The van der Waals surface area contributed by atoms with E-state index in [0.29, 0.717) is 13.1 Å². The molecule has 3 rings (SSSR count). The van der Waals surface area contributed by atoms with Gasteiger partial charge in [0.25, 0.3) is 0 Å². The second-order valence-electron chi connectivity index (χ2n) is 7.56. The Morgan fingerprint density at radius 3 is 2.75 bits per heavy atom. The molecule has 0 spiro atoms. The van der Waals surface area contributed by atoms with Crippen LogP contribution in [0.15, 0.2) is 30.3 Å². The Morgan fingerprint density at radius 1 is 1.21 bits per heavy atom. The van der Waals surface area contributed by atoms with E-state index < -0.39 is 0 Å². The van der Waals surface area contributed by atoms with Crippen molar-refractivity contribution in [3.8, 4) is 0 Å². The van der Waals surface area contributed by atoms with Crippen molar-refractivity contribution in [1.82, 2.24) is 20.4 Å². The maximum Gasteiger partial charge on any atom is 0.315 e. The summed E-state index contributed by atoms with van der Waals surface area (Å²) in [4.78, 5) is 26.4. The van der Waals surface area contributed by atoms with Gasteiger partial charge in [-0.3, -0.25) is 9.48 Å². The van der Waals surface area contributed by atoms with E-state index in [4.69, 9.17) is 0 Å². The Kier molecular flexibility index (Phi) is 6.34. The number of aromatic nitrogens is 2. The maximum absolute atomic E-state index is 12.6. The van der Waals surface area contributed by atoms with Crippen molar-refractivity contribution in [3.63, 3.8) is 0 Å². The first-order valence-electron chi connectivity index (χ1n) is 9.85. The molecule has 7 heteroatoms. The molecule has 0 fully saturated rings. The predicted molar refractivity (Wildman–Crippen MR) is 109 cm³/mol. The Bertz CT molecular complexity index is 845. The highest BCUT2D eigenvalue weighted by molar-refractivity contribution is 5.97. The summed E-state index contributed by atoms with van der Waals surface area (Å²) < 4.78 is 1.96. The van der Waals surface area contributed by atoms with Gasteiger partial charge < -0.3 is 15.5 Å². The lowest BCUT2D eigenvalue weighted by molar-refractivity contribution is -0.117. The fourth-order valence-corrected chi connectivity index (χ4v) is 3.59.